The standard InChI is InChI=1S/C12H15BClNO4/c1-11(2)12(3,4)19-13(18-11)8-6-5-7-9(10(8)14)15(16)17/h5-7H,1-4H3. The predicted octanol–water partition coefficient (Wildman–Crippen LogP) is 2.55. The molecule has 19 heavy (non-hydrogen) atoms. The van der Waals surface area contributed by atoms with E-state index in [9.17, 15) is 10.1 Å². The maximum atomic E-state index is 10.9. The summed E-state index contributed by atoms with van der Waals surface area (Å²) in [6.45, 7) is 7.66. The predicted molar refractivity (Wildman–Crippen MR) is 73.8 cm³/mol. The Bertz CT molecular complexity index is 516. The average molecular weight is 284 g/mol. The molecule has 0 atom stereocenters. The van der Waals surface area contributed by atoms with E-state index < -0.39 is 23.2 Å². The van der Waals surface area contributed by atoms with Crippen molar-refractivity contribution in [1.82, 2.24) is 0 Å². The highest BCUT2D eigenvalue weighted by Crippen LogP contribution is 2.37. The first-order valence-electron chi connectivity index (χ1n) is 5.94. The van der Waals surface area contributed by atoms with Crippen LogP contribution in [-0.2, 0) is 9.31 Å². The van der Waals surface area contributed by atoms with E-state index in [1.165, 1.54) is 6.07 Å². The third kappa shape index (κ3) is 2.36. The summed E-state index contributed by atoms with van der Waals surface area (Å²) in [6, 6.07) is 4.61. The lowest BCUT2D eigenvalue weighted by atomic mass is 9.79. The minimum Gasteiger partial charge on any atom is -0.399 e. The number of benzene rings is 1. The quantitative estimate of drug-likeness (QED) is 0.475. The van der Waals surface area contributed by atoms with Gasteiger partial charge in [0.05, 0.1) is 16.1 Å². The molecule has 5 nitrogen and oxygen atoms in total. The molecule has 0 saturated carbocycles. The van der Waals surface area contributed by atoms with Crippen LogP contribution in [-0.4, -0.2) is 23.2 Å². The Balaban J connectivity index is 2.40. The largest absolute Gasteiger partial charge is 0.496 e. The molecule has 102 valence electrons. The highest BCUT2D eigenvalue weighted by atomic mass is 35.5. The average Bonchev–Trinajstić information content (AvgIpc) is 2.47. The van der Waals surface area contributed by atoms with E-state index in [1.54, 1.807) is 12.1 Å². The SMILES string of the molecule is CC1(C)OB(c2cccc([N+](=O)[O-])c2Cl)OC1(C)C. The molecule has 0 unspecified atom stereocenters. The second-order valence-corrected chi connectivity index (χ2v) is 5.90. The molecule has 0 aromatic heterocycles. The van der Waals surface area contributed by atoms with Crippen molar-refractivity contribution in [1.29, 1.82) is 0 Å². The molecular weight excluding hydrogens is 268 g/mol. The Kier molecular flexibility index (Phi) is 3.37. The summed E-state index contributed by atoms with van der Waals surface area (Å²) >= 11 is 6.07. The van der Waals surface area contributed by atoms with Crippen LogP contribution in [0.3, 0.4) is 0 Å². The lowest BCUT2D eigenvalue weighted by molar-refractivity contribution is -0.384. The molecule has 1 saturated heterocycles. The maximum Gasteiger partial charge on any atom is 0.496 e. The number of hydrogen-bond acceptors (Lipinski definition) is 4. The first-order valence-corrected chi connectivity index (χ1v) is 6.32. The van der Waals surface area contributed by atoms with Crippen molar-refractivity contribution in [2.75, 3.05) is 0 Å². The summed E-state index contributed by atoms with van der Waals surface area (Å²) in [7, 11) is -0.697. The van der Waals surface area contributed by atoms with E-state index in [2.05, 4.69) is 0 Å². The van der Waals surface area contributed by atoms with Crippen molar-refractivity contribution in [2.45, 2.75) is 38.9 Å². The van der Waals surface area contributed by atoms with Gasteiger partial charge in [-0.15, -0.1) is 0 Å². The van der Waals surface area contributed by atoms with Gasteiger partial charge in [0.15, 0.2) is 0 Å². The van der Waals surface area contributed by atoms with Crippen LogP contribution in [0.2, 0.25) is 5.02 Å². The Morgan fingerprint density at radius 2 is 1.74 bits per heavy atom. The number of nitro groups is 1. The van der Waals surface area contributed by atoms with Crippen molar-refractivity contribution in [3.8, 4) is 0 Å². The third-order valence-corrected chi connectivity index (χ3v) is 4.12. The highest BCUT2D eigenvalue weighted by molar-refractivity contribution is 6.66. The Morgan fingerprint density at radius 1 is 1.21 bits per heavy atom. The first kappa shape index (κ1) is 14.3. The molecule has 7 heteroatoms. The van der Waals surface area contributed by atoms with Crippen molar-refractivity contribution in [2.24, 2.45) is 0 Å². The fourth-order valence-electron chi connectivity index (χ4n) is 1.83. The zero-order chi connectivity index (χ0) is 14.4. The molecule has 1 heterocycles. The van der Waals surface area contributed by atoms with Gasteiger partial charge in [0.25, 0.3) is 5.69 Å². The molecule has 1 aliphatic rings. The fraction of sp³-hybridized carbons (Fsp3) is 0.500. The molecule has 0 radical (unpaired) electrons. The monoisotopic (exact) mass is 283 g/mol. The number of hydrogen-bond donors (Lipinski definition) is 0. The molecule has 2 rings (SSSR count). The van der Waals surface area contributed by atoms with Gasteiger partial charge in [-0.2, -0.15) is 0 Å². The summed E-state index contributed by atoms with van der Waals surface area (Å²) in [6.07, 6.45) is 0. The number of nitro benzene ring substituents is 1. The normalized spacial score (nSPS) is 20.6. The molecule has 0 spiro atoms. The smallest absolute Gasteiger partial charge is 0.399 e. The molecule has 1 aliphatic heterocycles. The Morgan fingerprint density at radius 3 is 2.21 bits per heavy atom. The van der Waals surface area contributed by atoms with Crippen molar-refractivity contribution in [3.63, 3.8) is 0 Å². The second-order valence-electron chi connectivity index (χ2n) is 5.53. The lowest BCUT2D eigenvalue weighted by Crippen LogP contribution is -2.41. The van der Waals surface area contributed by atoms with Gasteiger partial charge in [-0.3, -0.25) is 10.1 Å². The van der Waals surface area contributed by atoms with Crippen molar-refractivity contribution < 1.29 is 14.2 Å². The molecular formula is C12H15BClNO4. The maximum absolute atomic E-state index is 10.9. The summed E-state index contributed by atoms with van der Waals surface area (Å²) < 4.78 is 11.7. The van der Waals surface area contributed by atoms with Gasteiger partial charge in [0.2, 0.25) is 0 Å². The number of halogens is 1. The van der Waals surface area contributed by atoms with E-state index in [0.29, 0.717) is 5.46 Å². The first-order chi connectivity index (χ1) is 8.66. The van der Waals surface area contributed by atoms with Crippen LogP contribution in [0, 0.1) is 10.1 Å². The minimum atomic E-state index is -0.697. The van der Waals surface area contributed by atoms with Crippen LogP contribution in [0.25, 0.3) is 0 Å². The van der Waals surface area contributed by atoms with Crippen molar-refractivity contribution in [3.05, 3.63) is 33.3 Å². The van der Waals surface area contributed by atoms with Gasteiger partial charge >= 0.3 is 7.12 Å². The zero-order valence-electron chi connectivity index (χ0n) is 11.3. The van der Waals surface area contributed by atoms with E-state index in [1.807, 2.05) is 27.7 Å². The molecule has 1 aromatic rings. The molecule has 0 aliphatic carbocycles. The van der Waals surface area contributed by atoms with Gasteiger partial charge in [0, 0.05) is 11.5 Å². The fourth-order valence-corrected chi connectivity index (χ4v) is 2.11. The van der Waals surface area contributed by atoms with Crippen molar-refractivity contribution >= 4 is 29.9 Å². The van der Waals surface area contributed by atoms with Crippen LogP contribution in [0.15, 0.2) is 18.2 Å². The third-order valence-electron chi connectivity index (χ3n) is 3.71. The van der Waals surface area contributed by atoms with Crippen LogP contribution in [0.4, 0.5) is 5.69 Å². The molecule has 1 fully saturated rings. The topological polar surface area (TPSA) is 61.6 Å². The van der Waals surface area contributed by atoms with Gasteiger partial charge in [-0.25, -0.2) is 0 Å². The van der Waals surface area contributed by atoms with E-state index >= 15 is 0 Å². The minimum absolute atomic E-state index is 0.0611. The number of nitrogens with zero attached hydrogens (tertiary/aromatic N) is 1. The zero-order valence-corrected chi connectivity index (χ0v) is 12.0. The van der Waals surface area contributed by atoms with E-state index in [4.69, 9.17) is 20.9 Å². The van der Waals surface area contributed by atoms with Gasteiger partial charge in [0.1, 0.15) is 5.02 Å². The second kappa shape index (κ2) is 4.47. The van der Waals surface area contributed by atoms with E-state index in [0.717, 1.165) is 0 Å². The van der Waals surface area contributed by atoms with Gasteiger partial charge in [-0.05, 0) is 27.7 Å². The van der Waals surface area contributed by atoms with Crippen LogP contribution in [0.5, 0.6) is 0 Å². The summed E-state index contributed by atoms with van der Waals surface area (Å²) in [5.41, 5.74) is -0.680. The summed E-state index contributed by atoms with van der Waals surface area (Å²) in [4.78, 5) is 10.4. The van der Waals surface area contributed by atoms with Crippen LogP contribution >= 0.6 is 11.6 Å². The highest BCUT2D eigenvalue weighted by Gasteiger charge is 2.52. The summed E-state index contributed by atoms with van der Waals surface area (Å²) in [5, 5.41) is 10.9. The lowest BCUT2D eigenvalue weighted by Gasteiger charge is -2.32. The van der Waals surface area contributed by atoms with Gasteiger partial charge in [-0.1, -0.05) is 23.7 Å². The number of rotatable bonds is 2. The van der Waals surface area contributed by atoms with E-state index in [-0.39, 0.29) is 10.7 Å². The Labute approximate surface area is 117 Å². The molecule has 0 N–H and O–H groups in total. The molecule has 0 amide bonds. The molecule has 1 aromatic carbocycles. The summed E-state index contributed by atoms with van der Waals surface area (Å²) in [5.74, 6) is 0. The van der Waals surface area contributed by atoms with Crippen LogP contribution < -0.4 is 5.46 Å². The Hall–Kier alpha value is -1.11. The molecule has 0 bridgehead atoms. The van der Waals surface area contributed by atoms with Gasteiger partial charge < -0.3 is 9.31 Å². The van der Waals surface area contributed by atoms with Crippen LogP contribution in [0.1, 0.15) is 27.7 Å².